The number of likely N-dealkylation sites (tertiary alicyclic amines) is 1. The second kappa shape index (κ2) is 9.68. The fourth-order valence-electron chi connectivity index (χ4n) is 3.97. The summed E-state index contributed by atoms with van der Waals surface area (Å²) in [4.78, 5) is 26.8. The highest BCUT2D eigenvalue weighted by molar-refractivity contribution is 5.82. The fourth-order valence-corrected chi connectivity index (χ4v) is 3.97. The molecule has 2 fully saturated rings. The SMILES string of the molecule is C#C[C@H]1O[C@@H](n2cnc3c(NC4CCN(C(=O)OCCCC)CC4)ncnc32)[C@@H](O)[C@@H]1O. The molecule has 0 bridgehead atoms. The number of amides is 1. The first-order valence-electron chi connectivity index (χ1n) is 10.9. The number of imidazole rings is 1. The van der Waals surface area contributed by atoms with E-state index >= 15 is 0 Å². The van der Waals surface area contributed by atoms with Crippen LogP contribution in [0, 0.1) is 12.3 Å². The van der Waals surface area contributed by atoms with Crippen LogP contribution in [0.25, 0.3) is 11.2 Å². The van der Waals surface area contributed by atoms with Crippen molar-refractivity contribution in [2.45, 2.75) is 63.2 Å². The Morgan fingerprint density at radius 3 is 2.78 bits per heavy atom. The van der Waals surface area contributed by atoms with Crippen LogP contribution in [0.5, 0.6) is 0 Å². The summed E-state index contributed by atoms with van der Waals surface area (Å²) in [5, 5.41) is 23.8. The minimum Gasteiger partial charge on any atom is -0.449 e. The van der Waals surface area contributed by atoms with Gasteiger partial charge in [0.05, 0.1) is 12.9 Å². The number of nitrogens with zero attached hydrogens (tertiary/aromatic N) is 5. The van der Waals surface area contributed by atoms with E-state index in [2.05, 4.69) is 33.1 Å². The van der Waals surface area contributed by atoms with Crippen LogP contribution >= 0.6 is 0 Å². The molecule has 2 saturated heterocycles. The number of aliphatic hydroxyl groups excluding tert-OH is 2. The van der Waals surface area contributed by atoms with Gasteiger partial charge in [-0.3, -0.25) is 4.57 Å². The number of carbonyl (C=O) groups is 1. The molecule has 2 aromatic heterocycles. The van der Waals surface area contributed by atoms with Gasteiger partial charge in [-0.05, 0) is 19.3 Å². The molecule has 1 amide bonds. The van der Waals surface area contributed by atoms with E-state index in [1.54, 1.807) is 9.47 Å². The minimum atomic E-state index is -1.21. The lowest BCUT2D eigenvalue weighted by molar-refractivity contribution is -0.0230. The molecule has 0 spiro atoms. The van der Waals surface area contributed by atoms with Crippen LogP contribution in [0.4, 0.5) is 10.6 Å². The number of rotatable bonds is 6. The number of ether oxygens (including phenoxy) is 2. The lowest BCUT2D eigenvalue weighted by Crippen LogP contribution is -2.42. The largest absolute Gasteiger partial charge is 0.449 e. The number of hydrogen-bond acceptors (Lipinski definition) is 9. The number of anilines is 1. The number of aromatic nitrogens is 4. The van der Waals surface area contributed by atoms with E-state index in [0.29, 0.717) is 36.7 Å². The van der Waals surface area contributed by atoms with Gasteiger partial charge in [0.15, 0.2) is 23.2 Å². The summed E-state index contributed by atoms with van der Waals surface area (Å²) in [6.45, 7) is 3.70. The summed E-state index contributed by atoms with van der Waals surface area (Å²) in [5.41, 5.74) is 0.969. The molecule has 2 aromatic rings. The first-order chi connectivity index (χ1) is 15.5. The zero-order valence-corrected chi connectivity index (χ0v) is 17.9. The van der Waals surface area contributed by atoms with Crippen molar-refractivity contribution in [3.63, 3.8) is 0 Å². The molecule has 11 nitrogen and oxygen atoms in total. The molecule has 0 unspecified atom stereocenters. The topological polar surface area (TPSA) is 135 Å². The predicted molar refractivity (Wildman–Crippen MR) is 115 cm³/mol. The zero-order valence-electron chi connectivity index (χ0n) is 17.9. The maximum Gasteiger partial charge on any atom is 0.409 e. The van der Waals surface area contributed by atoms with Crippen molar-refractivity contribution >= 4 is 23.1 Å². The predicted octanol–water partition coefficient (Wildman–Crippen LogP) is 0.892. The Hall–Kier alpha value is -2.94. The third-order valence-electron chi connectivity index (χ3n) is 5.85. The van der Waals surface area contributed by atoms with Crippen molar-refractivity contribution in [2.24, 2.45) is 0 Å². The van der Waals surface area contributed by atoms with Gasteiger partial charge in [0, 0.05) is 19.1 Å². The number of carbonyl (C=O) groups excluding carboxylic acids is 1. The fraction of sp³-hybridized carbons (Fsp3) is 0.619. The van der Waals surface area contributed by atoms with Crippen LogP contribution in [0.3, 0.4) is 0 Å². The third-order valence-corrected chi connectivity index (χ3v) is 5.85. The van der Waals surface area contributed by atoms with Crippen molar-refractivity contribution in [1.82, 2.24) is 24.4 Å². The molecule has 0 saturated carbocycles. The summed E-state index contributed by atoms with van der Waals surface area (Å²) in [5.74, 6) is 2.88. The highest BCUT2D eigenvalue weighted by Gasteiger charge is 2.43. The van der Waals surface area contributed by atoms with E-state index in [-0.39, 0.29) is 12.1 Å². The van der Waals surface area contributed by atoms with E-state index in [1.807, 2.05) is 0 Å². The summed E-state index contributed by atoms with van der Waals surface area (Å²) in [7, 11) is 0. The van der Waals surface area contributed by atoms with Crippen LogP contribution in [-0.4, -0.2) is 84.8 Å². The molecule has 0 radical (unpaired) electrons. The first-order valence-corrected chi connectivity index (χ1v) is 10.9. The van der Waals surface area contributed by atoms with Gasteiger partial charge in [0.25, 0.3) is 0 Å². The molecule has 11 heteroatoms. The van der Waals surface area contributed by atoms with Crippen LogP contribution < -0.4 is 5.32 Å². The normalized spacial score (nSPS) is 26.2. The van der Waals surface area contributed by atoms with Gasteiger partial charge < -0.3 is 29.9 Å². The molecular formula is C21H28N6O5. The second-order valence-electron chi connectivity index (χ2n) is 8.02. The van der Waals surface area contributed by atoms with Crippen molar-refractivity contribution in [2.75, 3.05) is 25.0 Å². The number of piperidine rings is 1. The lowest BCUT2D eigenvalue weighted by atomic mass is 10.1. The van der Waals surface area contributed by atoms with Crippen LogP contribution in [0.1, 0.15) is 38.8 Å². The molecular weight excluding hydrogens is 416 g/mol. The van der Waals surface area contributed by atoms with Gasteiger partial charge in [-0.15, -0.1) is 6.42 Å². The van der Waals surface area contributed by atoms with Crippen LogP contribution in [-0.2, 0) is 9.47 Å². The van der Waals surface area contributed by atoms with E-state index in [1.165, 1.54) is 12.7 Å². The standard InChI is InChI=1S/C21H28N6O5/c1-3-5-10-31-21(30)26-8-6-13(7-9-26)25-18-15-19(23-11-22-18)27(12-24-15)20-17(29)16(28)14(4-2)32-20/h2,11-14,16-17,20,28-29H,3,5-10H2,1H3,(H,22,23,25)/t14-,16-,17+,20-/m1/s1. The van der Waals surface area contributed by atoms with E-state index in [9.17, 15) is 15.0 Å². The Kier molecular flexibility index (Phi) is 6.74. The first kappa shape index (κ1) is 22.3. The quantitative estimate of drug-likeness (QED) is 0.438. The van der Waals surface area contributed by atoms with Gasteiger partial charge >= 0.3 is 6.09 Å². The Labute approximate surface area is 185 Å². The maximum absolute atomic E-state index is 12.1. The van der Waals surface area contributed by atoms with Crippen molar-refractivity contribution in [3.8, 4) is 12.3 Å². The molecule has 2 aliphatic rings. The Balaban J connectivity index is 1.41. The number of nitrogens with one attached hydrogen (secondary N) is 1. The molecule has 0 aliphatic carbocycles. The molecule has 2 aliphatic heterocycles. The minimum absolute atomic E-state index is 0.110. The number of fused-ring (bicyclic) bond motifs is 1. The number of hydrogen-bond donors (Lipinski definition) is 3. The molecule has 4 atom stereocenters. The molecule has 4 rings (SSSR count). The monoisotopic (exact) mass is 444 g/mol. The summed E-state index contributed by atoms with van der Waals surface area (Å²) >= 11 is 0. The van der Waals surface area contributed by atoms with Gasteiger partial charge in [0.1, 0.15) is 24.6 Å². The third kappa shape index (κ3) is 4.34. The summed E-state index contributed by atoms with van der Waals surface area (Å²) in [6.07, 6.45) is 7.12. The second-order valence-corrected chi connectivity index (χ2v) is 8.02. The van der Waals surface area contributed by atoms with E-state index < -0.39 is 24.5 Å². The molecule has 172 valence electrons. The van der Waals surface area contributed by atoms with Gasteiger partial charge in [0.2, 0.25) is 0 Å². The van der Waals surface area contributed by atoms with Gasteiger partial charge in [-0.2, -0.15) is 0 Å². The molecule has 32 heavy (non-hydrogen) atoms. The zero-order chi connectivity index (χ0) is 22.7. The van der Waals surface area contributed by atoms with Crippen molar-refractivity contribution in [3.05, 3.63) is 12.7 Å². The van der Waals surface area contributed by atoms with Crippen molar-refractivity contribution in [1.29, 1.82) is 0 Å². The van der Waals surface area contributed by atoms with Crippen LogP contribution in [0.15, 0.2) is 12.7 Å². The number of terminal acetylenes is 1. The summed E-state index contributed by atoms with van der Waals surface area (Å²) < 4.78 is 12.4. The molecule has 4 heterocycles. The Morgan fingerprint density at radius 1 is 1.31 bits per heavy atom. The Bertz CT molecular complexity index is 983. The highest BCUT2D eigenvalue weighted by Crippen LogP contribution is 2.32. The Morgan fingerprint density at radius 2 is 2.09 bits per heavy atom. The lowest BCUT2D eigenvalue weighted by Gasteiger charge is -2.32. The summed E-state index contributed by atoms with van der Waals surface area (Å²) in [6, 6.07) is 0.110. The smallest absolute Gasteiger partial charge is 0.409 e. The molecule has 3 N–H and O–H groups in total. The van der Waals surface area contributed by atoms with Crippen LogP contribution in [0.2, 0.25) is 0 Å². The average molecular weight is 444 g/mol. The number of aliphatic hydroxyl groups is 2. The molecule has 0 aromatic carbocycles. The number of unbranched alkanes of at least 4 members (excludes halogenated alkanes) is 1. The van der Waals surface area contributed by atoms with E-state index in [4.69, 9.17) is 15.9 Å². The van der Waals surface area contributed by atoms with E-state index in [0.717, 1.165) is 25.7 Å². The van der Waals surface area contributed by atoms with Gasteiger partial charge in [-0.1, -0.05) is 19.3 Å². The van der Waals surface area contributed by atoms with Crippen molar-refractivity contribution < 1.29 is 24.5 Å². The van der Waals surface area contributed by atoms with Gasteiger partial charge in [-0.25, -0.2) is 19.7 Å². The average Bonchev–Trinajstić information content (AvgIpc) is 3.36. The highest BCUT2D eigenvalue weighted by atomic mass is 16.6. The maximum atomic E-state index is 12.1.